The van der Waals surface area contributed by atoms with Gasteiger partial charge in [-0.1, -0.05) is 23.8 Å². The van der Waals surface area contributed by atoms with Gasteiger partial charge in [0, 0.05) is 0 Å². The van der Waals surface area contributed by atoms with Crippen molar-refractivity contribution in [1.82, 2.24) is 0 Å². The Kier molecular flexibility index (Phi) is 4.77. The molecule has 0 atom stereocenters. The minimum absolute atomic E-state index is 0.0902. The fourth-order valence-electron chi connectivity index (χ4n) is 2.10. The molecule has 5 heteroatoms. The molecule has 1 aliphatic rings. The van der Waals surface area contributed by atoms with Crippen molar-refractivity contribution in [3.8, 4) is 5.75 Å². The SMILES string of the molecule is O=C(O)c1cc(OCCCC2=CC=CC2)cc(C(=O)O)c1. The van der Waals surface area contributed by atoms with Gasteiger partial charge in [0.2, 0.25) is 0 Å². The molecule has 21 heavy (non-hydrogen) atoms. The minimum Gasteiger partial charge on any atom is -0.494 e. The lowest BCUT2D eigenvalue weighted by Crippen LogP contribution is -2.05. The molecule has 0 saturated heterocycles. The molecule has 0 aliphatic heterocycles. The molecule has 0 unspecified atom stereocenters. The summed E-state index contributed by atoms with van der Waals surface area (Å²) in [4.78, 5) is 21.9. The van der Waals surface area contributed by atoms with E-state index >= 15 is 0 Å². The Balaban J connectivity index is 1.95. The van der Waals surface area contributed by atoms with Crippen molar-refractivity contribution in [2.75, 3.05) is 6.61 Å². The van der Waals surface area contributed by atoms with Gasteiger partial charge in [-0.3, -0.25) is 0 Å². The van der Waals surface area contributed by atoms with Gasteiger partial charge in [0.1, 0.15) is 5.75 Å². The maximum Gasteiger partial charge on any atom is 0.335 e. The molecule has 0 saturated carbocycles. The smallest absolute Gasteiger partial charge is 0.335 e. The molecule has 2 rings (SSSR count). The highest BCUT2D eigenvalue weighted by molar-refractivity contribution is 5.94. The number of carboxylic acids is 2. The number of allylic oxidation sites excluding steroid dienone is 4. The Hall–Kier alpha value is -2.56. The number of hydrogen-bond acceptors (Lipinski definition) is 3. The molecule has 1 aromatic carbocycles. The van der Waals surface area contributed by atoms with Crippen molar-refractivity contribution in [2.45, 2.75) is 19.3 Å². The molecule has 0 bridgehead atoms. The zero-order chi connectivity index (χ0) is 15.2. The van der Waals surface area contributed by atoms with E-state index in [1.807, 2.05) is 6.08 Å². The summed E-state index contributed by atoms with van der Waals surface area (Å²) in [6, 6.07) is 3.79. The lowest BCUT2D eigenvalue weighted by atomic mass is 10.1. The second kappa shape index (κ2) is 6.74. The Bertz CT molecular complexity index is 581. The van der Waals surface area contributed by atoms with Gasteiger partial charge in [-0.2, -0.15) is 0 Å². The number of benzene rings is 1. The molecule has 2 N–H and O–H groups in total. The fourth-order valence-corrected chi connectivity index (χ4v) is 2.10. The molecule has 1 aliphatic carbocycles. The second-order valence-electron chi connectivity index (χ2n) is 4.77. The van der Waals surface area contributed by atoms with Crippen LogP contribution in [-0.2, 0) is 0 Å². The zero-order valence-electron chi connectivity index (χ0n) is 11.4. The largest absolute Gasteiger partial charge is 0.494 e. The number of carboxylic acid groups (broad SMARTS) is 2. The monoisotopic (exact) mass is 288 g/mol. The van der Waals surface area contributed by atoms with Gasteiger partial charge in [-0.15, -0.1) is 0 Å². The number of aromatic carboxylic acids is 2. The molecular weight excluding hydrogens is 272 g/mol. The van der Waals surface area contributed by atoms with Crippen molar-refractivity contribution in [3.05, 3.63) is 53.1 Å². The first-order valence-electron chi connectivity index (χ1n) is 6.65. The highest BCUT2D eigenvalue weighted by Crippen LogP contribution is 2.20. The quantitative estimate of drug-likeness (QED) is 0.753. The van der Waals surface area contributed by atoms with Crippen LogP contribution in [0.2, 0.25) is 0 Å². The Morgan fingerprint density at radius 3 is 2.29 bits per heavy atom. The lowest BCUT2D eigenvalue weighted by Gasteiger charge is -2.08. The van der Waals surface area contributed by atoms with Crippen LogP contribution in [-0.4, -0.2) is 28.8 Å². The standard InChI is InChI=1S/C16H16O5/c17-15(18)12-8-13(16(19)20)10-14(9-12)21-7-3-6-11-4-1-2-5-11/h1-2,4,8-10H,3,5-7H2,(H,17,18)(H,19,20). The Morgan fingerprint density at radius 1 is 1.10 bits per heavy atom. The van der Waals surface area contributed by atoms with Gasteiger partial charge in [0.25, 0.3) is 0 Å². The number of rotatable bonds is 7. The summed E-state index contributed by atoms with van der Waals surface area (Å²) < 4.78 is 5.47. The number of hydrogen-bond donors (Lipinski definition) is 2. The van der Waals surface area contributed by atoms with E-state index in [0.29, 0.717) is 6.61 Å². The van der Waals surface area contributed by atoms with E-state index in [4.69, 9.17) is 14.9 Å². The summed E-state index contributed by atoms with van der Waals surface area (Å²) >= 11 is 0. The lowest BCUT2D eigenvalue weighted by molar-refractivity contribution is 0.0696. The molecule has 0 fully saturated rings. The second-order valence-corrected chi connectivity index (χ2v) is 4.77. The topological polar surface area (TPSA) is 83.8 Å². The van der Waals surface area contributed by atoms with Gasteiger partial charge in [-0.05, 0) is 37.5 Å². The van der Waals surface area contributed by atoms with Crippen LogP contribution in [0.1, 0.15) is 40.0 Å². The van der Waals surface area contributed by atoms with Crippen LogP contribution in [0, 0.1) is 0 Å². The van der Waals surface area contributed by atoms with E-state index < -0.39 is 11.9 Å². The van der Waals surface area contributed by atoms with Crippen molar-refractivity contribution in [2.24, 2.45) is 0 Å². The Labute approximate surface area is 122 Å². The average molecular weight is 288 g/mol. The van der Waals surface area contributed by atoms with Crippen LogP contribution < -0.4 is 4.74 Å². The van der Waals surface area contributed by atoms with Crippen molar-refractivity contribution in [1.29, 1.82) is 0 Å². The van der Waals surface area contributed by atoms with Gasteiger partial charge < -0.3 is 14.9 Å². The maximum atomic E-state index is 11.0. The van der Waals surface area contributed by atoms with Crippen LogP contribution in [0.25, 0.3) is 0 Å². The minimum atomic E-state index is -1.18. The molecule has 0 radical (unpaired) electrons. The predicted octanol–water partition coefficient (Wildman–Crippen LogP) is 3.13. The third kappa shape index (κ3) is 4.21. The van der Waals surface area contributed by atoms with E-state index in [9.17, 15) is 9.59 Å². The summed E-state index contributed by atoms with van der Waals surface area (Å²) in [5.74, 6) is -2.08. The van der Waals surface area contributed by atoms with Crippen molar-refractivity contribution >= 4 is 11.9 Å². The van der Waals surface area contributed by atoms with Crippen molar-refractivity contribution < 1.29 is 24.5 Å². The highest BCUT2D eigenvalue weighted by atomic mass is 16.5. The van der Waals surface area contributed by atoms with Crippen molar-refractivity contribution in [3.63, 3.8) is 0 Å². The average Bonchev–Trinajstić information content (AvgIpc) is 2.96. The first kappa shape index (κ1) is 14.8. The van der Waals surface area contributed by atoms with Gasteiger partial charge in [0.15, 0.2) is 0 Å². The Morgan fingerprint density at radius 2 is 1.76 bits per heavy atom. The fraction of sp³-hybridized carbons (Fsp3) is 0.250. The van der Waals surface area contributed by atoms with Crippen LogP contribution in [0.3, 0.4) is 0 Å². The predicted molar refractivity (Wildman–Crippen MR) is 76.9 cm³/mol. The maximum absolute atomic E-state index is 11.0. The molecule has 0 aromatic heterocycles. The summed E-state index contributed by atoms with van der Waals surface area (Å²) in [6.07, 6.45) is 8.87. The van der Waals surface area contributed by atoms with Gasteiger partial charge >= 0.3 is 11.9 Å². The van der Waals surface area contributed by atoms with Crippen LogP contribution >= 0.6 is 0 Å². The summed E-state index contributed by atoms with van der Waals surface area (Å²) in [5.41, 5.74) is 1.16. The molecule has 5 nitrogen and oxygen atoms in total. The highest BCUT2D eigenvalue weighted by Gasteiger charge is 2.12. The summed E-state index contributed by atoms with van der Waals surface area (Å²) in [6.45, 7) is 0.416. The van der Waals surface area contributed by atoms with Crippen LogP contribution in [0.4, 0.5) is 0 Å². The molecule has 1 aromatic rings. The molecule has 110 valence electrons. The molecule has 0 amide bonds. The zero-order valence-corrected chi connectivity index (χ0v) is 11.4. The van der Waals surface area contributed by atoms with Gasteiger partial charge in [0.05, 0.1) is 17.7 Å². The summed E-state index contributed by atoms with van der Waals surface area (Å²) in [5, 5.41) is 17.9. The van der Waals surface area contributed by atoms with E-state index in [-0.39, 0.29) is 16.9 Å². The van der Waals surface area contributed by atoms with Gasteiger partial charge in [-0.25, -0.2) is 9.59 Å². The van der Waals surface area contributed by atoms with E-state index in [1.165, 1.54) is 17.7 Å². The number of carbonyl (C=O) groups is 2. The normalized spacial score (nSPS) is 13.0. The van der Waals surface area contributed by atoms with Crippen LogP contribution in [0.5, 0.6) is 5.75 Å². The van der Waals surface area contributed by atoms with Crippen LogP contribution in [0.15, 0.2) is 42.0 Å². The first-order valence-corrected chi connectivity index (χ1v) is 6.65. The third-order valence-electron chi connectivity index (χ3n) is 3.16. The third-order valence-corrected chi connectivity index (χ3v) is 3.16. The van der Waals surface area contributed by atoms with E-state index in [1.54, 1.807) is 0 Å². The first-order chi connectivity index (χ1) is 10.1. The molecular formula is C16H16O5. The number of ether oxygens (including phenoxy) is 1. The molecule has 0 heterocycles. The molecule has 0 spiro atoms. The summed E-state index contributed by atoms with van der Waals surface area (Å²) in [7, 11) is 0. The van der Waals surface area contributed by atoms with E-state index in [2.05, 4.69) is 12.2 Å². The van der Waals surface area contributed by atoms with E-state index in [0.717, 1.165) is 25.3 Å².